The zero-order valence-corrected chi connectivity index (χ0v) is 12.8. The molecule has 0 radical (unpaired) electrons. The summed E-state index contributed by atoms with van der Waals surface area (Å²) in [5.41, 5.74) is 2.28. The summed E-state index contributed by atoms with van der Waals surface area (Å²) >= 11 is 0. The van der Waals surface area contributed by atoms with E-state index in [1.54, 1.807) is 0 Å². The molecule has 0 aromatic heterocycles. The van der Waals surface area contributed by atoms with E-state index in [9.17, 15) is 0 Å². The topological polar surface area (TPSA) is 12.5 Å². The van der Waals surface area contributed by atoms with Crippen LogP contribution in [0.15, 0.2) is 48.5 Å². The van der Waals surface area contributed by atoms with Crippen molar-refractivity contribution in [3.05, 3.63) is 48.5 Å². The maximum atomic E-state index is 5.92. The Balaban J connectivity index is 0.000000452. The second-order valence-electron chi connectivity index (χ2n) is 5.21. The maximum Gasteiger partial charge on any atom is 0.151 e. The van der Waals surface area contributed by atoms with Crippen molar-refractivity contribution in [1.82, 2.24) is 0 Å². The van der Waals surface area contributed by atoms with Crippen LogP contribution in [0.2, 0.25) is 0 Å². The van der Waals surface area contributed by atoms with Crippen LogP contribution >= 0.6 is 0 Å². The highest BCUT2D eigenvalue weighted by Gasteiger charge is 2.25. The summed E-state index contributed by atoms with van der Waals surface area (Å²) < 4.78 is 5.92. The SMILES string of the molecule is CC(C)N1c2ccccc2Oc2ccccc21.CCC. The molecule has 1 heterocycles. The van der Waals surface area contributed by atoms with Gasteiger partial charge in [0.1, 0.15) is 0 Å². The van der Waals surface area contributed by atoms with Crippen LogP contribution in [0.3, 0.4) is 0 Å². The molecule has 0 atom stereocenters. The lowest BCUT2D eigenvalue weighted by Gasteiger charge is -2.35. The van der Waals surface area contributed by atoms with E-state index >= 15 is 0 Å². The predicted molar refractivity (Wildman–Crippen MR) is 86.2 cm³/mol. The van der Waals surface area contributed by atoms with Gasteiger partial charge >= 0.3 is 0 Å². The van der Waals surface area contributed by atoms with E-state index in [1.165, 1.54) is 6.42 Å². The van der Waals surface area contributed by atoms with Crippen LogP contribution in [0.4, 0.5) is 11.4 Å². The van der Waals surface area contributed by atoms with Crippen molar-refractivity contribution in [2.45, 2.75) is 40.2 Å². The lowest BCUT2D eigenvalue weighted by atomic mass is 10.1. The van der Waals surface area contributed by atoms with E-state index in [-0.39, 0.29) is 0 Å². The number of rotatable bonds is 1. The van der Waals surface area contributed by atoms with Crippen molar-refractivity contribution in [1.29, 1.82) is 0 Å². The van der Waals surface area contributed by atoms with Gasteiger partial charge in [-0.25, -0.2) is 0 Å². The first-order valence-corrected chi connectivity index (χ1v) is 7.34. The fourth-order valence-corrected chi connectivity index (χ4v) is 2.29. The monoisotopic (exact) mass is 269 g/mol. The Morgan fingerprint density at radius 2 is 1.25 bits per heavy atom. The highest BCUT2D eigenvalue weighted by Crippen LogP contribution is 2.46. The van der Waals surface area contributed by atoms with E-state index in [4.69, 9.17) is 4.74 Å². The summed E-state index contributed by atoms with van der Waals surface area (Å²) in [7, 11) is 0. The van der Waals surface area contributed by atoms with E-state index in [0.29, 0.717) is 6.04 Å². The number of hydrogen-bond acceptors (Lipinski definition) is 2. The Morgan fingerprint density at radius 1 is 0.850 bits per heavy atom. The lowest BCUT2D eigenvalue weighted by molar-refractivity contribution is 0.469. The minimum atomic E-state index is 0.404. The van der Waals surface area contributed by atoms with Gasteiger partial charge in [-0.3, -0.25) is 0 Å². The molecule has 2 nitrogen and oxygen atoms in total. The highest BCUT2D eigenvalue weighted by molar-refractivity contribution is 5.78. The zero-order chi connectivity index (χ0) is 14.5. The highest BCUT2D eigenvalue weighted by atomic mass is 16.5. The molecule has 0 aliphatic carbocycles. The quantitative estimate of drug-likeness (QED) is 0.653. The van der Waals surface area contributed by atoms with E-state index in [2.05, 4.69) is 44.7 Å². The molecule has 106 valence electrons. The van der Waals surface area contributed by atoms with Gasteiger partial charge in [-0.05, 0) is 38.1 Å². The fourth-order valence-electron chi connectivity index (χ4n) is 2.29. The molecule has 0 spiro atoms. The Kier molecular flexibility index (Phi) is 4.67. The number of para-hydroxylation sites is 4. The Hall–Kier alpha value is -1.96. The van der Waals surface area contributed by atoms with Crippen molar-refractivity contribution in [3.63, 3.8) is 0 Å². The molecule has 0 fully saturated rings. The molecule has 1 aliphatic rings. The van der Waals surface area contributed by atoms with Gasteiger partial charge in [0.25, 0.3) is 0 Å². The Morgan fingerprint density at radius 3 is 1.65 bits per heavy atom. The van der Waals surface area contributed by atoms with Gasteiger partial charge in [0.05, 0.1) is 11.4 Å². The molecular weight excluding hydrogens is 246 g/mol. The summed E-state index contributed by atoms with van der Waals surface area (Å²) in [5.74, 6) is 1.86. The van der Waals surface area contributed by atoms with Gasteiger partial charge in [0.2, 0.25) is 0 Å². The summed E-state index contributed by atoms with van der Waals surface area (Å²) in [4.78, 5) is 2.31. The molecule has 0 amide bonds. The average molecular weight is 269 g/mol. The van der Waals surface area contributed by atoms with Crippen molar-refractivity contribution >= 4 is 11.4 Å². The predicted octanol–water partition coefficient (Wildman–Crippen LogP) is 5.76. The molecule has 2 heteroatoms. The Labute approximate surface area is 122 Å². The first-order chi connectivity index (χ1) is 9.69. The minimum Gasteiger partial charge on any atom is -0.453 e. The van der Waals surface area contributed by atoms with Crippen LogP contribution in [0, 0.1) is 0 Å². The third-order valence-electron chi connectivity index (χ3n) is 2.99. The number of benzene rings is 2. The van der Waals surface area contributed by atoms with Crippen LogP contribution in [0.5, 0.6) is 11.5 Å². The molecular formula is C18H23NO. The normalized spacial score (nSPS) is 11.9. The molecule has 0 saturated carbocycles. The second kappa shape index (κ2) is 6.47. The lowest BCUT2D eigenvalue weighted by Crippen LogP contribution is -2.28. The first-order valence-electron chi connectivity index (χ1n) is 7.34. The summed E-state index contributed by atoms with van der Waals surface area (Å²) in [6.45, 7) is 8.64. The van der Waals surface area contributed by atoms with Gasteiger partial charge in [0, 0.05) is 6.04 Å². The van der Waals surface area contributed by atoms with Gasteiger partial charge in [-0.15, -0.1) is 0 Å². The largest absolute Gasteiger partial charge is 0.453 e. The van der Waals surface area contributed by atoms with Crippen LogP contribution in [-0.4, -0.2) is 6.04 Å². The molecule has 1 aliphatic heterocycles. The third kappa shape index (κ3) is 2.79. The zero-order valence-electron chi connectivity index (χ0n) is 12.8. The molecule has 0 N–H and O–H groups in total. The number of ether oxygens (including phenoxy) is 1. The Bertz CT molecular complexity index is 517. The summed E-state index contributed by atoms with van der Waals surface area (Å²) in [6, 6.07) is 16.7. The molecule has 3 rings (SSSR count). The van der Waals surface area contributed by atoms with Gasteiger partial charge in [0.15, 0.2) is 11.5 Å². The average Bonchev–Trinajstić information content (AvgIpc) is 2.45. The molecule has 0 saturated heterocycles. The van der Waals surface area contributed by atoms with Crippen molar-refractivity contribution in [2.75, 3.05) is 4.90 Å². The van der Waals surface area contributed by atoms with Crippen LogP contribution in [0.25, 0.3) is 0 Å². The summed E-state index contributed by atoms with van der Waals surface area (Å²) in [6.07, 6.45) is 1.25. The maximum absolute atomic E-state index is 5.92. The fraction of sp³-hybridized carbons (Fsp3) is 0.333. The molecule has 2 aromatic rings. The standard InChI is InChI=1S/C15H15NO.C3H8/c1-11(2)16-12-7-3-5-9-14(12)17-15-10-6-4-8-13(15)16;1-3-2/h3-11H,1-2H3;3H2,1-2H3. The van der Waals surface area contributed by atoms with E-state index < -0.39 is 0 Å². The smallest absolute Gasteiger partial charge is 0.151 e. The van der Waals surface area contributed by atoms with Gasteiger partial charge < -0.3 is 9.64 Å². The molecule has 0 unspecified atom stereocenters. The molecule has 20 heavy (non-hydrogen) atoms. The van der Waals surface area contributed by atoms with Crippen LogP contribution in [0.1, 0.15) is 34.1 Å². The minimum absolute atomic E-state index is 0.404. The number of fused-ring (bicyclic) bond motifs is 2. The van der Waals surface area contributed by atoms with E-state index in [1.807, 2.05) is 36.4 Å². The second-order valence-corrected chi connectivity index (χ2v) is 5.21. The van der Waals surface area contributed by atoms with Gasteiger partial charge in [-0.2, -0.15) is 0 Å². The van der Waals surface area contributed by atoms with E-state index in [0.717, 1.165) is 22.9 Å². The number of anilines is 2. The van der Waals surface area contributed by atoms with Crippen molar-refractivity contribution in [3.8, 4) is 11.5 Å². The number of hydrogen-bond donors (Lipinski definition) is 0. The van der Waals surface area contributed by atoms with Gasteiger partial charge in [-0.1, -0.05) is 44.5 Å². The summed E-state index contributed by atoms with van der Waals surface area (Å²) in [5, 5.41) is 0. The first kappa shape index (κ1) is 14.4. The number of nitrogens with zero attached hydrogens (tertiary/aromatic N) is 1. The molecule has 0 bridgehead atoms. The molecule has 2 aromatic carbocycles. The van der Waals surface area contributed by atoms with Crippen LogP contribution in [-0.2, 0) is 0 Å². The third-order valence-corrected chi connectivity index (χ3v) is 2.99. The van der Waals surface area contributed by atoms with Crippen molar-refractivity contribution in [2.24, 2.45) is 0 Å². The van der Waals surface area contributed by atoms with Crippen LogP contribution < -0.4 is 9.64 Å². The van der Waals surface area contributed by atoms with Crippen molar-refractivity contribution < 1.29 is 4.74 Å².